The molecule has 208 valence electrons. The van der Waals surface area contributed by atoms with Crippen LogP contribution in [-0.2, 0) is 0 Å². The molecule has 7 aromatic carbocycles. The second kappa shape index (κ2) is 11.0. The molecule has 0 aliphatic carbocycles. The first-order valence-electron chi connectivity index (χ1n) is 14.8. The summed E-state index contributed by atoms with van der Waals surface area (Å²) >= 11 is 6.26. The van der Waals surface area contributed by atoms with E-state index in [9.17, 15) is 0 Å². The lowest BCUT2D eigenvalue weighted by Gasteiger charge is -2.19. The molecule has 44 heavy (non-hydrogen) atoms. The van der Waals surface area contributed by atoms with E-state index in [-0.39, 0.29) is 0 Å². The lowest BCUT2D eigenvalue weighted by molar-refractivity contribution is 0.669. The fourth-order valence-corrected chi connectivity index (χ4v) is 6.45. The number of furan rings is 1. The van der Waals surface area contributed by atoms with Gasteiger partial charge in [-0.2, -0.15) is 0 Å². The zero-order valence-electron chi connectivity index (χ0n) is 23.9. The van der Waals surface area contributed by atoms with Gasteiger partial charge in [0.15, 0.2) is 0 Å². The van der Waals surface area contributed by atoms with Crippen molar-refractivity contribution in [3.05, 3.63) is 169 Å². The van der Waals surface area contributed by atoms with Crippen LogP contribution in [0.3, 0.4) is 0 Å². The smallest absolute Gasteiger partial charge is 0.136 e. The van der Waals surface area contributed by atoms with Crippen LogP contribution in [0.5, 0.6) is 0 Å². The Balaban J connectivity index is 1.37. The van der Waals surface area contributed by atoms with Crippen molar-refractivity contribution in [2.24, 2.45) is 0 Å². The maximum Gasteiger partial charge on any atom is 0.136 e. The molecule has 0 amide bonds. The Morgan fingerprint density at radius 1 is 0.318 bits per heavy atom. The average molecular weight is 583 g/mol. The molecular formula is C42H27ClO. The van der Waals surface area contributed by atoms with Gasteiger partial charge in [-0.05, 0) is 86.0 Å². The van der Waals surface area contributed by atoms with Crippen LogP contribution < -0.4 is 0 Å². The van der Waals surface area contributed by atoms with E-state index in [1.807, 2.05) is 18.2 Å². The zero-order valence-corrected chi connectivity index (χ0v) is 24.6. The van der Waals surface area contributed by atoms with Gasteiger partial charge in [-0.1, -0.05) is 139 Å². The molecule has 8 aromatic rings. The van der Waals surface area contributed by atoms with Gasteiger partial charge in [0.25, 0.3) is 0 Å². The van der Waals surface area contributed by atoms with Crippen LogP contribution in [0, 0.1) is 0 Å². The summed E-state index contributed by atoms with van der Waals surface area (Å²) in [5.41, 5.74) is 13.5. The van der Waals surface area contributed by atoms with Crippen molar-refractivity contribution in [2.45, 2.75) is 0 Å². The van der Waals surface area contributed by atoms with E-state index in [1.54, 1.807) is 0 Å². The summed E-state index contributed by atoms with van der Waals surface area (Å²) < 4.78 is 6.13. The molecule has 1 heterocycles. The summed E-state index contributed by atoms with van der Waals surface area (Å²) in [4.78, 5) is 0. The molecule has 0 radical (unpaired) electrons. The maximum absolute atomic E-state index is 6.26. The highest BCUT2D eigenvalue weighted by molar-refractivity contribution is 6.31. The van der Waals surface area contributed by atoms with Crippen LogP contribution in [0.1, 0.15) is 0 Å². The van der Waals surface area contributed by atoms with E-state index in [2.05, 4.69) is 146 Å². The first-order valence-corrected chi connectivity index (χ1v) is 15.2. The molecule has 0 N–H and O–H groups in total. The Hall–Kier alpha value is -5.37. The minimum Gasteiger partial charge on any atom is -0.456 e. The minimum absolute atomic E-state index is 0.671. The highest BCUT2D eigenvalue weighted by Gasteiger charge is 2.17. The van der Waals surface area contributed by atoms with Crippen molar-refractivity contribution >= 4 is 33.5 Å². The SMILES string of the molecule is Clc1ccc2c(c1)oc1ccc(-c3ccc(-c4ccccc4-c4ccccc4)c(-c4ccccc4-c4ccccc4)c3)cc12. The molecule has 1 aromatic heterocycles. The molecule has 8 rings (SSSR count). The van der Waals surface area contributed by atoms with Gasteiger partial charge in [0, 0.05) is 21.9 Å². The molecule has 2 heteroatoms. The van der Waals surface area contributed by atoms with Crippen LogP contribution in [0.25, 0.3) is 77.6 Å². The minimum atomic E-state index is 0.671. The zero-order chi connectivity index (χ0) is 29.5. The van der Waals surface area contributed by atoms with E-state index >= 15 is 0 Å². The molecule has 0 saturated heterocycles. The standard InChI is InChI=1S/C42H27ClO/c43-32-21-23-38-40-26-31(20-24-41(40)44-42(38)27-32)30-19-22-37(35-17-9-7-15-33(35)28-11-3-1-4-12-28)39(25-30)36-18-10-8-16-34(36)29-13-5-2-6-14-29/h1-27H. The highest BCUT2D eigenvalue weighted by Crippen LogP contribution is 2.43. The summed E-state index contributed by atoms with van der Waals surface area (Å²) in [6.07, 6.45) is 0. The first kappa shape index (κ1) is 26.3. The molecule has 0 aliphatic rings. The van der Waals surface area contributed by atoms with Gasteiger partial charge in [0.1, 0.15) is 11.2 Å². The number of hydrogen-bond donors (Lipinski definition) is 0. The second-order valence-electron chi connectivity index (χ2n) is 11.0. The van der Waals surface area contributed by atoms with E-state index < -0.39 is 0 Å². The Bertz CT molecular complexity index is 2280. The predicted molar refractivity (Wildman–Crippen MR) is 186 cm³/mol. The summed E-state index contributed by atoms with van der Waals surface area (Å²) in [5, 5.41) is 2.82. The molecule has 0 saturated carbocycles. The molecule has 0 fully saturated rings. The molecule has 0 unspecified atom stereocenters. The van der Waals surface area contributed by atoms with Gasteiger partial charge in [-0.3, -0.25) is 0 Å². The van der Waals surface area contributed by atoms with E-state index in [0.29, 0.717) is 5.02 Å². The summed E-state index contributed by atoms with van der Waals surface area (Å²) in [6, 6.07) is 57.9. The topological polar surface area (TPSA) is 13.1 Å². The highest BCUT2D eigenvalue weighted by atomic mass is 35.5. The largest absolute Gasteiger partial charge is 0.456 e. The third-order valence-electron chi connectivity index (χ3n) is 8.39. The number of fused-ring (bicyclic) bond motifs is 3. The predicted octanol–water partition coefficient (Wildman–Crippen LogP) is 12.6. The van der Waals surface area contributed by atoms with Crippen LogP contribution >= 0.6 is 11.6 Å². The van der Waals surface area contributed by atoms with E-state index in [4.69, 9.17) is 16.0 Å². The van der Waals surface area contributed by atoms with Crippen LogP contribution in [0.2, 0.25) is 5.02 Å². The lowest BCUT2D eigenvalue weighted by atomic mass is 9.85. The third kappa shape index (κ3) is 4.68. The van der Waals surface area contributed by atoms with E-state index in [0.717, 1.165) is 33.1 Å². The van der Waals surface area contributed by atoms with Crippen molar-refractivity contribution in [2.75, 3.05) is 0 Å². The molecule has 0 aliphatic heterocycles. The summed E-state index contributed by atoms with van der Waals surface area (Å²) in [6.45, 7) is 0. The van der Waals surface area contributed by atoms with Gasteiger partial charge in [-0.25, -0.2) is 0 Å². The summed E-state index contributed by atoms with van der Waals surface area (Å²) in [7, 11) is 0. The quantitative estimate of drug-likeness (QED) is 0.197. The van der Waals surface area contributed by atoms with Gasteiger partial charge < -0.3 is 4.42 Å². The van der Waals surface area contributed by atoms with Gasteiger partial charge in [0.2, 0.25) is 0 Å². The molecule has 0 spiro atoms. The van der Waals surface area contributed by atoms with E-state index in [1.165, 1.54) is 44.5 Å². The number of hydrogen-bond acceptors (Lipinski definition) is 1. The third-order valence-corrected chi connectivity index (χ3v) is 8.63. The maximum atomic E-state index is 6.26. The first-order chi connectivity index (χ1) is 21.7. The van der Waals surface area contributed by atoms with Crippen molar-refractivity contribution in [3.8, 4) is 55.6 Å². The van der Waals surface area contributed by atoms with Gasteiger partial charge in [-0.15, -0.1) is 0 Å². The Kier molecular flexibility index (Phi) is 6.59. The number of halogens is 1. The van der Waals surface area contributed by atoms with Crippen molar-refractivity contribution in [1.29, 1.82) is 0 Å². The lowest BCUT2D eigenvalue weighted by Crippen LogP contribution is -1.92. The molecule has 1 nitrogen and oxygen atoms in total. The van der Waals surface area contributed by atoms with Crippen molar-refractivity contribution in [3.63, 3.8) is 0 Å². The second-order valence-corrected chi connectivity index (χ2v) is 11.5. The fourth-order valence-electron chi connectivity index (χ4n) is 6.29. The van der Waals surface area contributed by atoms with Gasteiger partial charge >= 0.3 is 0 Å². The summed E-state index contributed by atoms with van der Waals surface area (Å²) in [5.74, 6) is 0. The number of benzene rings is 7. The van der Waals surface area contributed by atoms with Crippen molar-refractivity contribution in [1.82, 2.24) is 0 Å². The Labute approximate surface area is 261 Å². The number of rotatable bonds is 5. The fraction of sp³-hybridized carbons (Fsp3) is 0. The van der Waals surface area contributed by atoms with Crippen LogP contribution in [0.4, 0.5) is 0 Å². The monoisotopic (exact) mass is 582 g/mol. The molecule has 0 atom stereocenters. The van der Waals surface area contributed by atoms with Crippen LogP contribution in [0.15, 0.2) is 168 Å². The molecular weight excluding hydrogens is 556 g/mol. The van der Waals surface area contributed by atoms with Crippen LogP contribution in [-0.4, -0.2) is 0 Å². The molecule has 0 bridgehead atoms. The van der Waals surface area contributed by atoms with Gasteiger partial charge in [0.05, 0.1) is 0 Å². The van der Waals surface area contributed by atoms with Crippen molar-refractivity contribution < 1.29 is 4.42 Å². The average Bonchev–Trinajstić information content (AvgIpc) is 3.45. The Morgan fingerprint density at radius 2 is 0.841 bits per heavy atom. The normalized spacial score (nSPS) is 11.3. The Morgan fingerprint density at radius 3 is 1.50 bits per heavy atom.